The number of pyridine rings is 1. The van der Waals surface area contributed by atoms with Crippen LogP contribution in [0.15, 0.2) is 60.8 Å². The van der Waals surface area contributed by atoms with E-state index >= 15 is 0 Å². The van der Waals surface area contributed by atoms with Crippen LogP contribution in [0.5, 0.6) is 0 Å². The number of fused-ring (bicyclic) bond motifs is 1. The first-order chi connectivity index (χ1) is 9.25. The molecule has 0 radical (unpaired) electrons. The second-order valence-electron chi connectivity index (χ2n) is 4.33. The van der Waals surface area contributed by atoms with Crippen LogP contribution in [0.3, 0.4) is 0 Å². The van der Waals surface area contributed by atoms with Crippen molar-refractivity contribution in [3.05, 3.63) is 66.4 Å². The van der Waals surface area contributed by atoms with Crippen LogP contribution >= 0.6 is 0 Å². The number of hydrogen-bond donors (Lipinski definition) is 1. The third kappa shape index (κ3) is 2.06. The fourth-order valence-electron chi connectivity index (χ4n) is 2.17. The van der Waals surface area contributed by atoms with Gasteiger partial charge in [-0.3, -0.25) is 9.78 Å². The monoisotopic (exact) mass is 248 g/mol. The van der Waals surface area contributed by atoms with Crippen LogP contribution in [0.25, 0.3) is 22.0 Å². The van der Waals surface area contributed by atoms with Crippen molar-refractivity contribution in [2.45, 2.75) is 0 Å². The second kappa shape index (κ2) is 4.53. The number of amides is 1. The summed E-state index contributed by atoms with van der Waals surface area (Å²) in [6.07, 6.45) is 1.66. The molecule has 0 saturated heterocycles. The van der Waals surface area contributed by atoms with Crippen LogP contribution in [-0.2, 0) is 0 Å². The Hall–Kier alpha value is -2.68. The van der Waals surface area contributed by atoms with E-state index in [0.717, 1.165) is 16.3 Å². The largest absolute Gasteiger partial charge is 0.366 e. The quantitative estimate of drug-likeness (QED) is 0.758. The van der Waals surface area contributed by atoms with Crippen molar-refractivity contribution in [3.8, 4) is 11.3 Å². The van der Waals surface area contributed by atoms with Crippen LogP contribution in [0.2, 0.25) is 0 Å². The number of nitrogens with zero attached hydrogens (tertiary/aromatic N) is 1. The molecular weight excluding hydrogens is 236 g/mol. The molecule has 0 fully saturated rings. The van der Waals surface area contributed by atoms with Crippen LogP contribution in [0.1, 0.15) is 10.4 Å². The van der Waals surface area contributed by atoms with E-state index in [-0.39, 0.29) is 0 Å². The summed E-state index contributed by atoms with van der Waals surface area (Å²) in [7, 11) is 0. The Morgan fingerprint density at radius 3 is 2.53 bits per heavy atom. The van der Waals surface area contributed by atoms with Crippen molar-refractivity contribution in [1.29, 1.82) is 0 Å². The smallest absolute Gasteiger partial charge is 0.250 e. The van der Waals surface area contributed by atoms with Gasteiger partial charge in [0.2, 0.25) is 0 Å². The molecule has 0 atom stereocenters. The van der Waals surface area contributed by atoms with Crippen LogP contribution < -0.4 is 5.73 Å². The Morgan fingerprint density at radius 1 is 0.947 bits per heavy atom. The van der Waals surface area contributed by atoms with Gasteiger partial charge in [0.05, 0.1) is 11.3 Å². The highest BCUT2D eigenvalue weighted by molar-refractivity contribution is 5.99. The molecule has 0 bridgehead atoms. The zero-order valence-electron chi connectivity index (χ0n) is 10.2. The van der Waals surface area contributed by atoms with Crippen molar-refractivity contribution >= 4 is 16.7 Å². The Kier molecular flexibility index (Phi) is 2.72. The predicted molar refractivity (Wildman–Crippen MR) is 75.7 cm³/mol. The summed E-state index contributed by atoms with van der Waals surface area (Å²) >= 11 is 0. The van der Waals surface area contributed by atoms with Gasteiger partial charge in [0.1, 0.15) is 0 Å². The normalized spacial score (nSPS) is 10.5. The zero-order valence-corrected chi connectivity index (χ0v) is 10.2. The predicted octanol–water partition coefficient (Wildman–Crippen LogP) is 3.00. The topological polar surface area (TPSA) is 56.0 Å². The maximum Gasteiger partial charge on any atom is 0.250 e. The van der Waals surface area contributed by atoms with Crippen LogP contribution in [0.4, 0.5) is 0 Å². The van der Waals surface area contributed by atoms with E-state index in [2.05, 4.69) is 4.98 Å². The average Bonchev–Trinajstić information content (AvgIpc) is 2.46. The zero-order chi connectivity index (χ0) is 13.2. The molecule has 0 spiro atoms. The first-order valence-electron chi connectivity index (χ1n) is 6.00. The summed E-state index contributed by atoms with van der Waals surface area (Å²) in [5.41, 5.74) is 7.35. The van der Waals surface area contributed by atoms with Gasteiger partial charge in [0.15, 0.2) is 0 Å². The number of nitrogens with two attached hydrogens (primary N) is 1. The first-order valence-corrected chi connectivity index (χ1v) is 6.00. The van der Waals surface area contributed by atoms with Crippen molar-refractivity contribution in [2.24, 2.45) is 5.73 Å². The SMILES string of the molecule is NC(=O)c1cccnc1-c1ccc2ccccc2c1. The first kappa shape index (κ1) is 11.4. The minimum atomic E-state index is -0.462. The number of carbonyl (C=O) groups excluding carboxylic acids is 1. The Bertz CT molecular complexity index is 765. The molecule has 0 aliphatic rings. The van der Waals surface area contributed by atoms with Crippen LogP contribution in [0, 0.1) is 0 Å². The molecule has 2 N–H and O–H groups in total. The lowest BCUT2D eigenvalue weighted by molar-refractivity contribution is 0.100. The molecule has 3 rings (SSSR count). The molecular formula is C16H12N2O. The maximum atomic E-state index is 11.4. The van der Waals surface area contributed by atoms with E-state index in [1.165, 1.54) is 0 Å². The second-order valence-corrected chi connectivity index (χ2v) is 4.33. The molecule has 1 heterocycles. The highest BCUT2D eigenvalue weighted by Gasteiger charge is 2.10. The van der Waals surface area contributed by atoms with Crippen molar-refractivity contribution < 1.29 is 4.79 Å². The number of aromatic nitrogens is 1. The Labute approximate surface area is 110 Å². The lowest BCUT2D eigenvalue weighted by Crippen LogP contribution is -2.12. The van der Waals surface area contributed by atoms with Gasteiger partial charge in [-0.1, -0.05) is 36.4 Å². The minimum absolute atomic E-state index is 0.442. The number of carbonyl (C=O) groups is 1. The van der Waals surface area contributed by atoms with E-state index in [1.54, 1.807) is 18.3 Å². The van der Waals surface area contributed by atoms with Gasteiger partial charge in [0, 0.05) is 11.8 Å². The van der Waals surface area contributed by atoms with Gasteiger partial charge in [-0.05, 0) is 29.0 Å². The molecule has 3 aromatic rings. The third-order valence-corrected chi connectivity index (χ3v) is 3.10. The summed E-state index contributed by atoms with van der Waals surface area (Å²) in [6, 6.07) is 17.5. The molecule has 0 saturated carbocycles. The molecule has 0 aliphatic carbocycles. The number of benzene rings is 2. The molecule has 2 aromatic carbocycles. The fourth-order valence-corrected chi connectivity index (χ4v) is 2.17. The van der Waals surface area contributed by atoms with Crippen molar-refractivity contribution in [3.63, 3.8) is 0 Å². The number of primary amides is 1. The molecule has 0 aliphatic heterocycles. The maximum absolute atomic E-state index is 11.4. The van der Waals surface area contributed by atoms with Gasteiger partial charge in [0.25, 0.3) is 5.91 Å². The molecule has 3 heteroatoms. The van der Waals surface area contributed by atoms with Gasteiger partial charge in [-0.15, -0.1) is 0 Å². The van der Waals surface area contributed by atoms with Gasteiger partial charge in [-0.2, -0.15) is 0 Å². The minimum Gasteiger partial charge on any atom is -0.366 e. The molecule has 19 heavy (non-hydrogen) atoms. The molecule has 92 valence electrons. The van der Waals surface area contributed by atoms with Gasteiger partial charge in [-0.25, -0.2) is 0 Å². The summed E-state index contributed by atoms with van der Waals surface area (Å²) < 4.78 is 0. The lowest BCUT2D eigenvalue weighted by atomic mass is 10.0. The summed E-state index contributed by atoms with van der Waals surface area (Å²) in [5.74, 6) is -0.462. The molecule has 0 unspecified atom stereocenters. The van der Waals surface area contributed by atoms with Crippen molar-refractivity contribution in [1.82, 2.24) is 4.98 Å². The van der Waals surface area contributed by atoms with Gasteiger partial charge < -0.3 is 5.73 Å². The fraction of sp³-hybridized carbons (Fsp3) is 0. The van der Waals surface area contributed by atoms with E-state index in [0.29, 0.717) is 11.3 Å². The van der Waals surface area contributed by atoms with E-state index in [9.17, 15) is 4.79 Å². The third-order valence-electron chi connectivity index (χ3n) is 3.10. The van der Waals surface area contributed by atoms with Crippen LogP contribution in [-0.4, -0.2) is 10.9 Å². The Morgan fingerprint density at radius 2 is 1.74 bits per heavy atom. The number of rotatable bonds is 2. The average molecular weight is 248 g/mol. The standard InChI is InChI=1S/C16H12N2O/c17-16(19)14-6-3-9-18-15(14)13-8-7-11-4-1-2-5-12(11)10-13/h1-10H,(H2,17,19). The lowest BCUT2D eigenvalue weighted by Gasteiger charge is -2.06. The summed E-state index contributed by atoms with van der Waals surface area (Å²) in [6.45, 7) is 0. The number of hydrogen-bond acceptors (Lipinski definition) is 2. The molecule has 1 aromatic heterocycles. The molecule has 1 amide bonds. The van der Waals surface area contributed by atoms with E-state index in [4.69, 9.17) is 5.73 Å². The Balaban J connectivity index is 2.22. The highest BCUT2D eigenvalue weighted by Crippen LogP contribution is 2.25. The summed E-state index contributed by atoms with van der Waals surface area (Å²) in [5, 5.41) is 2.27. The van der Waals surface area contributed by atoms with Gasteiger partial charge >= 0.3 is 0 Å². The molecule has 3 nitrogen and oxygen atoms in total. The summed E-state index contributed by atoms with van der Waals surface area (Å²) in [4.78, 5) is 15.7. The van der Waals surface area contributed by atoms with E-state index < -0.39 is 5.91 Å². The van der Waals surface area contributed by atoms with Crippen molar-refractivity contribution in [2.75, 3.05) is 0 Å². The van der Waals surface area contributed by atoms with E-state index in [1.807, 2.05) is 42.5 Å². The highest BCUT2D eigenvalue weighted by atomic mass is 16.1.